The number of allylic oxidation sites excluding steroid dienone is 10. The Kier molecular flexibility index (Phi) is 45.7. The number of hydrogen-bond donors (Lipinski definition) is 3. The van der Waals surface area contributed by atoms with Crippen molar-refractivity contribution in [3.8, 4) is 0 Å². The highest BCUT2D eigenvalue weighted by Gasteiger charge is 2.24. The molecule has 0 aliphatic carbocycles. The van der Waals surface area contributed by atoms with Gasteiger partial charge < -0.3 is 20.3 Å². The van der Waals surface area contributed by atoms with E-state index in [4.69, 9.17) is 4.74 Å². The molecule has 6 heteroatoms. The summed E-state index contributed by atoms with van der Waals surface area (Å²) < 4.78 is 5.92. The van der Waals surface area contributed by atoms with Crippen LogP contribution in [0.15, 0.2) is 60.8 Å². The Morgan fingerprint density at radius 1 is 0.517 bits per heavy atom. The largest absolute Gasteiger partial charge is 0.462 e. The number of aliphatic hydroxyl groups excluding tert-OH is 2. The second-order valence-corrected chi connectivity index (χ2v) is 17.2. The summed E-state index contributed by atoms with van der Waals surface area (Å²) in [5.41, 5.74) is 0. The van der Waals surface area contributed by atoms with Gasteiger partial charge in [0.05, 0.1) is 25.2 Å². The molecule has 0 rings (SSSR count). The Bertz CT molecular complexity index is 1080. The van der Waals surface area contributed by atoms with E-state index in [1.807, 2.05) is 0 Å². The van der Waals surface area contributed by atoms with E-state index >= 15 is 0 Å². The van der Waals surface area contributed by atoms with Gasteiger partial charge in [-0.05, 0) is 70.6 Å². The summed E-state index contributed by atoms with van der Waals surface area (Å²) in [6, 6.07) is -0.711. The number of rotatable bonds is 45. The van der Waals surface area contributed by atoms with Crippen LogP contribution >= 0.6 is 0 Å². The minimum absolute atomic E-state index is 0.0597. The summed E-state index contributed by atoms with van der Waals surface area (Å²) in [6.45, 7) is 6.24. The maximum absolute atomic E-state index is 13.2. The van der Waals surface area contributed by atoms with Gasteiger partial charge >= 0.3 is 5.97 Å². The van der Waals surface area contributed by atoms with E-state index in [-0.39, 0.29) is 24.9 Å². The van der Waals surface area contributed by atoms with Gasteiger partial charge in [0.2, 0.25) is 5.91 Å². The third kappa shape index (κ3) is 42.3. The third-order valence-electron chi connectivity index (χ3n) is 11.4. The molecule has 0 heterocycles. The van der Waals surface area contributed by atoms with Crippen LogP contribution in [0, 0.1) is 0 Å². The second-order valence-electron chi connectivity index (χ2n) is 17.2. The molecular weight excluding hydrogens is 743 g/mol. The van der Waals surface area contributed by atoms with Crippen LogP contribution in [0.5, 0.6) is 0 Å². The van der Waals surface area contributed by atoms with E-state index < -0.39 is 18.2 Å². The molecule has 0 aromatic heterocycles. The average molecular weight is 840 g/mol. The molecule has 0 spiro atoms. The highest BCUT2D eigenvalue weighted by atomic mass is 16.5. The van der Waals surface area contributed by atoms with Crippen molar-refractivity contribution < 1.29 is 24.5 Å². The van der Waals surface area contributed by atoms with E-state index in [2.05, 4.69) is 86.8 Å². The molecule has 0 aromatic carbocycles. The topological polar surface area (TPSA) is 95.9 Å². The second kappa shape index (κ2) is 47.6. The molecule has 3 atom stereocenters. The molecule has 0 fully saturated rings. The van der Waals surface area contributed by atoms with Crippen LogP contribution in [0.3, 0.4) is 0 Å². The van der Waals surface area contributed by atoms with Crippen molar-refractivity contribution in [2.24, 2.45) is 0 Å². The van der Waals surface area contributed by atoms with Crippen molar-refractivity contribution in [3.05, 3.63) is 60.8 Å². The summed E-state index contributed by atoms with van der Waals surface area (Å²) in [6.07, 6.45) is 58.5. The quantitative estimate of drug-likeness (QED) is 0.0246. The smallest absolute Gasteiger partial charge is 0.306 e. The molecule has 60 heavy (non-hydrogen) atoms. The van der Waals surface area contributed by atoms with Crippen molar-refractivity contribution in [3.63, 3.8) is 0 Å². The zero-order valence-electron chi connectivity index (χ0n) is 39.6. The normalized spacial score (nSPS) is 13.8. The molecule has 348 valence electrons. The standard InChI is InChI=1S/C54H97NO5/c1-4-7-10-13-16-19-22-25-28-31-34-37-40-43-46-52(57)51(49-56)55-53(58)48-50(45-42-39-36-33-30-27-24-21-18-15-12-9-6-3)60-54(59)47-44-41-38-35-32-29-26-23-20-17-14-11-8-5-2/h8-9,11-12,15,17-18,20-21,24,50-52,56-57H,4-7,10,13-14,16,19,22-23,25-49H2,1-3H3,(H,55,58)/b11-8+,12-9+,18-15+,20-17+,24-21+. The number of hydrogen-bond acceptors (Lipinski definition) is 5. The van der Waals surface area contributed by atoms with Crippen LogP contribution in [-0.2, 0) is 14.3 Å². The lowest BCUT2D eigenvalue weighted by atomic mass is 10.0. The zero-order valence-corrected chi connectivity index (χ0v) is 39.6. The Morgan fingerprint density at radius 2 is 0.983 bits per heavy atom. The number of aliphatic hydroxyl groups is 2. The van der Waals surface area contributed by atoms with Crippen LogP contribution in [0.2, 0.25) is 0 Å². The fourth-order valence-corrected chi connectivity index (χ4v) is 7.59. The summed E-state index contributed by atoms with van der Waals surface area (Å²) in [5.74, 6) is -0.502. The molecule has 0 radical (unpaired) electrons. The fourth-order valence-electron chi connectivity index (χ4n) is 7.59. The molecule has 0 aliphatic heterocycles. The van der Waals surface area contributed by atoms with E-state index in [0.717, 1.165) is 103 Å². The van der Waals surface area contributed by atoms with Gasteiger partial charge in [0.25, 0.3) is 0 Å². The minimum Gasteiger partial charge on any atom is -0.462 e. The Hall–Kier alpha value is -2.44. The first-order valence-electron chi connectivity index (χ1n) is 25.5. The molecule has 0 saturated heterocycles. The minimum atomic E-state index is -0.796. The van der Waals surface area contributed by atoms with E-state index in [1.165, 1.54) is 96.3 Å². The molecule has 3 N–H and O–H groups in total. The van der Waals surface area contributed by atoms with Gasteiger partial charge in [-0.1, -0.05) is 223 Å². The lowest BCUT2D eigenvalue weighted by Gasteiger charge is -2.24. The number of ether oxygens (including phenoxy) is 1. The predicted octanol–water partition coefficient (Wildman–Crippen LogP) is 15.2. The van der Waals surface area contributed by atoms with Gasteiger partial charge in [0.15, 0.2) is 0 Å². The third-order valence-corrected chi connectivity index (χ3v) is 11.4. The Morgan fingerprint density at radius 3 is 1.53 bits per heavy atom. The van der Waals surface area contributed by atoms with Gasteiger partial charge in [-0.25, -0.2) is 0 Å². The first kappa shape index (κ1) is 57.6. The van der Waals surface area contributed by atoms with Gasteiger partial charge in [0.1, 0.15) is 6.10 Å². The van der Waals surface area contributed by atoms with Crippen molar-refractivity contribution in [1.29, 1.82) is 0 Å². The molecule has 0 aromatic rings. The summed E-state index contributed by atoms with van der Waals surface area (Å²) >= 11 is 0. The lowest BCUT2D eigenvalue weighted by molar-refractivity contribution is -0.151. The highest BCUT2D eigenvalue weighted by molar-refractivity contribution is 5.77. The van der Waals surface area contributed by atoms with Gasteiger partial charge in [0, 0.05) is 6.42 Å². The molecular formula is C54H97NO5. The molecule has 0 bridgehead atoms. The van der Waals surface area contributed by atoms with E-state index in [0.29, 0.717) is 19.3 Å². The van der Waals surface area contributed by atoms with Crippen molar-refractivity contribution in [2.45, 2.75) is 264 Å². The summed E-state index contributed by atoms with van der Waals surface area (Å²) in [7, 11) is 0. The van der Waals surface area contributed by atoms with Crippen molar-refractivity contribution in [2.75, 3.05) is 6.61 Å². The molecule has 0 aliphatic rings. The van der Waals surface area contributed by atoms with Crippen molar-refractivity contribution >= 4 is 11.9 Å². The molecule has 1 amide bonds. The number of carbonyl (C=O) groups is 2. The zero-order chi connectivity index (χ0) is 43.8. The summed E-state index contributed by atoms with van der Waals surface area (Å²) in [5, 5.41) is 23.8. The monoisotopic (exact) mass is 840 g/mol. The van der Waals surface area contributed by atoms with Gasteiger partial charge in [-0.15, -0.1) is 0 Å². The Labute approximate surface area is 371 Å². The number of nitrogens with one attached hydrogen (secondary N) is 1. The van der Waals surface area contributed by atoms with Gasteiger partial charge in [-0.3, -0.25) is 9.59 Å². The highest BCUT2D eigenvalue weighted by Crippen LogP contribution is 2.18. The van der Waals surface area contributed by atoms with Crippen LogP contribution < -0.4 is 5.32 Å². The summed E-state index contributed by atoms with van der Waals surface area (Å²) in [4.78, 5) is 26.1. The van der Waals surface area contributed by atoms with Crippen molar-refractivity contribution in [1.82, 2.24) is 5.32 Å². The first-order valence-corrected chi connectivity index (χ1v) is 25.5. The van der Waals surface area contributed by atoms with Crippen LogP contribution in [0.4, 0.5) is 0 Å². The van der Waals surface area contributed by atoms with Crippen LogP contribution in [0.25, 0.3) is 0 Å². The Balaban J connectivity index is 4.59. The number of amides is 1. The van der Waals surface area contributed by atoms with E-state index in [1.54, 1.807) is 0 Å². The predicted molar refractivity (Wildman–Crippen MR) is 259 cm³/mol. The van der Waals surface area contributed by atoms with E-state index in [9.17, 15) is 19.8 Å². The maximum atomic E-state index is 13.2. The number of unbranched alkanes of at least 4 members (excludes halogenated alkanes) is 25. The van der Waals surface area contributed by atoms with Gasteiger partial charge in [-0.2, -0.15) is 0 Å². The molecule has 3 unspecified atom stereocenters. The SMILES string of the molecule is CC/C=C/C=C/C=C/CCCCCCCC(CC(=O)NC(CO)C(O)CCCCCCCCCCCCCCCC)OC(=O)CCCCCCCCC/C=C/C/C=C/CC. The maximum Gasteiger partial charge on any atom is 0.306 e. The number of esters is 1. The first-order chi connectivity index (χ1) is 29.5. The lowest BCUT2D eigenvalue weighted by Crippen LogP contribution is -2.46. The number of carbonyl (C=O) groups excluding carboxylic acids is 2. The van der Waals surface area contributed by atoms with Crippen LogP contribution in [0.1, 0.15) is 245 Å². The fraction of sp³-hybridized carbons (Fsp3) is 0.778. The molecule has 0 saturated carbocycles. The average Bonchev–Trinajstić information content (AvgIpc) is 3.24. The molecule has 6 nitrogen and oxygen atoms in total. The van der Waals surface area contributed by atoms with Crippen LogP contribution in [-0.4, -0.2) is 46.9 Å².